The summed E-state index contributed by atoms with van der Waals surface area (Å²) in [6.45, 7) is 8.16. The predicted molar refractivity (Wildman–Crippen MR) is 126 cm³/mol. The molecule has 0 amide bonds. The van der Waals surface area contributed by atoms with Crippen molar-refractivity contribution in [1.29, 1.82) is 0 Å². The Bertz CT molecular complexity index is 1220. The Morgan fingerprint density at radius 2 is 1.16 bits per heavy atom. The molecule has 0 bridgehead atoms. The molecule has 0 spiro atoms. The molecule has 31 heavy (non-hydrogen) atoms. The van der Waals surface area contributed by atoms with Gasteiger partial charge in [0.2, 0.25) is 0 Å². The molecular weight excluding hydrogens is 383 g/mol. The molecule has 1 aliphatic rings. The van der Waals surface area contributed by atoms with Gasteiger partial charge in [-0.2, -0.15) is 0 Å². The van der Waals surface area contributed by atoms with E-state index in [1.807, 2.05) is 52.0 Å². The van der Waals surface area contributed by atoms with Crippen LogP contribution >= 0.6 is 0 Å². The van der Waals surface area contributed by atoms with E-state index in [2.05, 4.69) is 54.6 Å². The molecule has 5 heteroatoms. The maximum atomic E-state index is 6.22. The van der Waals surface area contributed by atoms with Crippen molar-refractivity contribution in [2.24, 2.45) is 0 Å². The quantitative estimate of drug-likeness (QED) is 0.434. The summed E-state index contributed by atoms with van der Waals surface area (Å²) in [7, 11) is -0.600. The Hall–Kier alpha value is -3.02. The Morgan fingerprint density at radius 1 is 0.613 bits per heavy atom. The van der Waals surface area contributed by atoms with E-state index in [-0.39, 0.29) is 0 Å². The van der Waals surface area contributed by atoms with E-state index in [9.17, 15) is 0 Å². The van der Waals surface area contributed by atoms with Crippen LogP contribution in [0.15, 0.2) is 78.9 Å². The number of hydrogen-bond acceptors (Lipinski definition) is 4. The summed E-state index contributed by atoms with van der Waals surface area (Å²) in [5.41, 5.74) is 4.84. The molecule has 0 atom stereocenters. The first-order chi connectivity index (χ1) is 14.8. The summed E-state index contributed by atoms with van der Waals surface area (Å²) in [4.78, 5) is 9.70. The second kappa shape index (κ2) is 7.29. The van der Waals surface area contributed by atoms with Crippen LogP contribution in [0.5, 0.6) is 0 Å². The zero-order chi connectivity index (χ0) is 21.6. The number of benzene rings is 3. The first-order valence-corrected chi connectivity index (χ1v) is 10.6. The molecule has 154 valence electrons. The summed E-state index contributed by atoms with van der Waals surface area (Å²) >= 11 is 0. The van der Waals surface area contributed by atoms with Crippen molar-refractivity contribution in [3.63, 3.8) is 0 Å². The van der Waals surface area contributed by atoms with Gasteiger partial charge in [-0.1, -0.05) is 72.8 Å². The first kappa shape index (κ1) is 19.9. The summed E-state index contributed by atoms with van der Waals surface area (Å²) in [5, 5.41) is 1.01. The molecule has 0 unspecified atom stereocenters. The van der Waals surface area contributed by atoms with Gasteiger partial charge < -0.3 is 9.31 Å². The molecule has 4 nitrogen and oxygen atoms in total. The van der Waals surface area contributed by atoms with Crippen molar-refractivity contribution in [2.45, 2.75) is 38.9 Å². The van der Waals surface area contributed by atoms with E-state index in [0.29, 0.717) is 5.72 Å². The topological polar surface area (TPSA) is 44.2 Å². The largest absolute Gasteiger partial charge is 0.534 e. The summed E-state index contributed by atoms with van der Waals surface area (Å²) < 4.78 is 12.4. The van der Waals surface area contributed by atoms with E-state index in [1.54, 1.807) is 0 Å². The molecule has 1 fully saturated rings. The van der Waals surface area contributed by atoms with Crippen LogP contribution in [0.3, 0.4) is 0 Å². The predicted octanol–water partition coefficient (Wildman–Crippen LogP) is 5.26. The van der Waals surface area contributed by atoms with Gasteiger partial charge in [0.25, 0.3) is 0 Å². The summed E-state index contributed by atoms with van der Waals surface area (Å²) in [5.74, 6) is 0. The normalized spacial score (nSPS) is 17.2. The fourth-order valence-electron chi connectivity index (χ4n) is 3.82. The van der Waals surface area contributed by atoms with Gasteiger partial charge in [0.05, 0.1) is 22.4 Å². The maximum absolute atomic E-state index is 6.22. The summed E-state index contributed by atoms with van der Waals surface area (Å²) in [6.07, 6.45) is 0. The van der Waals surface area contributed by atoms with Gasteiger partial charge in [0.15, 0.2) is 5.72 Å². The van der Waals surface area contributed by atoms with Crippen molar-refractivity contribution in [3.05, 3.63) is 78.9 Å². The average molecular weight is 408 g/mol. The van der Waals surface area contributed by atoms with E-state index >= 15 is 0 Å². The third kappa shape index (κ3) is 3.54. The lowest BCUT2D eigenvalue weighted by Crippen LogP contribution is -2.41. The SMILES string of the molecule is CC1(C)OB(c2nc(-c3ccc(-c4ccccc4)cc3)c3ccccc3n2)OC1(C)C. The van der Waals surface area contributed by atoms with Gasteiger partial charge in [0, 0.05) is 10.9 Å². The minimum Gasteiger partial charge on any atom is -0.397 e. The van der Waals surface area contributed by atoms with Crippen LogP contribution in [-0.2, 0) is 9.31 Å². The van der Waals surface area contributed by atoms with Gasteiger partial charge in [-0.3, -0.25) is 0 Å². The summed E-state index contributed by atoms with van der Waals surface area (Å²) in [6, 6.07) is 26.9. The van der Waals surface area contributed by atoms with Gasteiger partial charge in [0.1, 0.15) is 0 Å². The van der Waals surface area contributed by atoms with Crippen molar-refractivity contribution in [3.8, 4) is 22.4 Å². The second-order valence-electron chi connectivity index (χ2n) is 8.98. The molecule has 3 aromatic carbocycles. The highest BCUT2D eigenvalue weighted by atomic mass is 16.7. The van der Waals surface area contributed by atoms with Gasteiger partial charge in [-0.15, -0.1) is 0 Å². The Kier molecular flexibility index (Phi) is 4.69. The van der Waals surface area contributed by atoms with Crippen molar-refractivity contribution >= 4 is 23.7 Å². The van der Waals surface area contributed by atoms with Crippen molar-refractivity contribution in [1.82, 2.24) is 9.97 Å². The average Bonchev–Trinajstić information content (AvgIpc) is 3.00. The highest BCUT2D eigenvalue weighted by Gasteiger charge is 2.53. The van der Waals surface area contributed by atoms with Crippen LogP contribution < -0.4 is 5.72 Å². The standard InChI is InChI=1S/C26H25BN2O2/c1-25(2)26(3,4)31-27(30-25)24-28-22-13-9-8-12-21(22)23(29-24)20-16-14-19(15-17-20)18-10-6-5-7-11-18/h5-17H,1-4H3. The van der Waals surface area contributed by atoms with Gasteiger partial charge in [-0.25, -0.2) is 9.97 Å². The minimum atomic E-state index is -0.600. The minimum absolute atomic E-state index is 0.440. The number of para-hydroxylation sites is 1. The van der Waals surface area contributed by atoms with Crippen LogP contribution in [0.2, 0.25) is 0 Å². The third-order valence-electron chi connectivity index (χ3n) is 6.35. The fourth-order valence-corrected chi connectivity index (χ4v) is 3.82. The molecule has 1 saturated heterocycles. The van der Waals surface area contributed by atoms with E-state index in [4.69, 9.17) is 19.3 Å². The van der Waals surface area contributed by atoms with Crippen LogP contribution in [0.1, 0.15) is 27.7 Å². The lowest BCUT2D eigenvalue weighted by Gasteiger charge is -2.32. The van der Waals surface area contributed by atoms with E-state index in [0.717, 1.165) is 22.2 Å². The van der Waals surface area contributed by atoms with Crippen LogP contribution in [-0.4, -0.2) is 28.3 Å². The highest BCUT2D eigenvalue weighted by molar-refractivity contribution is 6.60. The molecule has 0 N–H and O–H groups in total. The molecular formula is C26H25BN2O2. The fraction of sp³-hybridized carbons (Fsp3) is 0.231. The van der Waals surface area contributed by atoms with Crippen molar-refractivity contribution in [2.75, 3.05) is 0 Å². The molecule has 5 rings (SSSR count). The number of fused-ring (bicyclic) bond motifs is 1. The highest BCUT2D eigenvalue weighted by Crippen LogP contribution is 2.36. The van der Waals surface area contributed by atoms with Crippen LogP contribution in [0.25, 0.3) is 33.3 Å². The molecule has 0 radical (unpaired) electrons. The maximum Gasteiger partial charge on any atom is 0.534 e. The lowest BCUT2D eigenvalue weighted by molar-refractivity contribution is 0.00578. The van der Waals surface area contributed by atoms with Crippen LogP contribution in [0.4, 0.5) is 0 Å². The number of nitrogens with zero attached hydrogens (tertiary/aromatic N) is 2. The Balaban J connectivity index is 1.59. The van der Waals surface area contributed by atoms with Gasteiger partial charge in [-0.05, 0) is 44.9 Å². The molecule has 4 aromatic rings. The van der Waals surface area contributed by atoms with E-state index < -0.39 is 18.3 Å². The Morgan fingerprint density at radius 3 is 1.84 bits per heavy atom. The number of aromatic nitrogens is 2. The number of hydrogen-bond donors (Lipinski definition) is 0. The second-order valence-corrected chi connectivity index (χ2v) is 8.98. The molecule has 0 aliphatic carbocycles. The van der Waals surface area contributed by atoms with Crippen LogP contribution in [0, 0.1) is 0 Å². The first-order valence-electron chi connectivity index (χ1n) is 10.6. The van der Waals surface area contributed by atoms with Gasteiger partial charge >= 0.3 is 7.12 Å². The molecule has 2 heterocycles. The molecule has 0 saturated carbocycles. The zero-order valence-electron chi connectivity index (χ0n) is 18.3. The monoisotopic (exact) mass is 408 g/mol. The smallest absolute Gasteiger partial charge is 0.397 e. The lowest BCUT2D eigenvalue weighted by atomic mass is 9.88. The third-order valence-corrected chi connectivity index (χ3v) is 6.35. The van der Waals surface area contributed by atoms with E-state index in [1.165, 1.54) is 11.1 Å². The Labute approximate surface area is 183 Å². The molecule has 1 aliphatic heterocycles. The zero-order valence-corrected chi connectivity index (χ0v) is 18.3. The van der Waals surface area contributed by atoms with Crippen molar-refractivity contribution < 1.29 is 9.31 Å². The number of rotatable bonds is 3. The molecule has 1 aromatic heterocycles.